The number of benzene rings is 1. The number of piperidine rings is 1. The standard InChI is InChI=1S/C17H24F3NO2/c1-13(14-3-5-15(6-4-14)17(18,19)20)21-9-7-16(8-10-21)23-12-2-11-22/h3-6,13,16,22H,2,7-12H2,1H3. The van der Waals surface area contributed by atoms with Gasteiger partial charge in [0, 0.05) is 32.3 Å². The van der Waals surface area contributed by atoms with Crippen LogP contribution in [0.1, 0.15) is 43.4 Å². The van der Waals surface area contributed by atoms with Crippen molar-refractivity contribution in [3.63, 3.8) is 0 Å². The van der Waals surface area contributed by atoms with Crippen LogP contribution < -0.4 is 0 Å². The maximum absolute atomic E-state index is 12.6. The van der Waals surface area contributed by atoms with E-state index in [0.717, 1.165) is 43.6 Å². The van der Waals surface area contributed by atoms with E-state index < -0.39 is 11.7 Å². The molecule has 1 N–H and O–H groups in total. The van der Waals surface area contributed by atoms with Crippen LogP contribution in [0.4, 0.5) is 13.2 Å². The van der Waals surface area contributed by atoms with Crippen molar-refractivity contribution in [3.05, 3.63) is 35.4 Å². The van der Waals surface area contributed by atoms with E-state index in [-0.39, 0.29) is 18.8 Å². The van der Waals surface area contributed by atoms with E-state index in [1.54, 1.807) is 12.1 Å². The van der Waals surface area contributed by atoms with Gasteiger partial charge >= 0.3 is 6.18 Å². The molecule has 2 rings (SSSR count). The largest absolute Gasteiger partial charge is 0.416 e. The van der Waals surface area contributed by atoms with Crippen LogP contribution in [0.25, 0.3) is 0 Å². The summed E-state index contributed by atoms with van der Waals surface area (Å²) in [5, 5.41) is 8.75. The average Bonchev–Trinajstić information content (AvgIpc) is 2.54. The van der Waals surface area contributed by atoms with Gasteiger partial charge in [-0.15, -0.1) is 0 Å². The number of alkyl halides is 3. The Hall–Kier alpha value is -1.11. The summed E-state index contributed by atoms with van der Waals surface area (Å²) in [4.78, 5) is 2.27. The van der Waals surface area contributed by atoms with Crippen molar-refractivity contribution in [1.29, 1.82) is 0 Å². The molecule has 130 valence electrons. The first kappa shape index (κ1) is 18.2. The van der Waals surface area contributed by atoms with Crippen molar-refractivity contribution < 1.29 is 23.0 Å². The lowest BCUT2D eigenvalue weighted by Gasteiger charge is -2.36. The van der Waals surface area contributed by atoms with Gasteiger partial charge in [0.15, 0.2) is 0 Å². The first-order valence-electron chi connectivity index (χ1n) is 8.05. The van der Waals surface area contributed by atoms with E-state index >= 15 is 0 Å². The van der Waals surface area contributed by atoms with E-state index in [9.17, 15) is 13.2 Å². The van der Waals surface area contributed by atoms with Crippen LogP contribution >= 0.6 is 0 Å². The molecule has 1 atom stereocenters. The minimum absolute atomic E-state index is 0.0932. The summed E-state index contributed by atoms with van der Waals surface area (Å²) in [5.41, 5.74) is 0.294. The second kappa shape index (κ2) is 8.13. The highest BCUT2D eigenvalue weighted by molar-refractivity contribution is 5.26. The van der Waals surface area contributed by atoms with E-state index in [4.69, 9.17) is 9.84 Å². The molecule has 1 heterocycles. The molecule has 1 fully saturated rings. The second-order valence-electron chi connectivity index (χ2n) is 5.98. The lowest BCUT2D eigenvalue weighted by Crippen LogP contribution is -2.38. The predicted octanol–water partition coefficient (Wildman–Crippen LogP) is 3.63. The highest BCUT2D eigenvalue weighted by atomic mass is 19.4. The fraction of sp³-hybridized carbons (Fsp3) is 0.647. The van der Waals surface area contributed by atoms with Gasteiger partial charge in [-0.2, -0.15) is 13.2 Å². The van der Waals surface area contributed by atoms with E-state index in [1.807, 2.05) is 6.92 Å². The van der Waals surface area contributed by atoms with Crippen LogP contribution in [-0.4, -0.2) is 42.4 Å². The summed E-state index contributed by atoms with van der Waals surface area (Å²) in [6.07, 6.45) is -1.58. The molecule has 1 aliphatic heterocycles. The van der Waals surface area contributed by atoms with Crippen molar-refractivity contribution >= 4 is 0 Å². The van der Waals surface area contributed by atoms with Crippen molar-refractivity contribution in [2.75, 3.05) is 26.3 Å². The smallest absolute Gasteiger partial charge is 0.396 e. The third-order valence-corrected chi connectivity index (χ3v) is 4.40. The van der Waals surface area contributed by atoms with Crippen molar-refractivity contribution in [1.82, 2.24) is 4.90 Å². The van der Waals surface area contributed by atoms with E-state index in [0.29, 0.717) is 13.0 Å². The monoisotopic (exact) mass is 331 g/mol. The molecule has 1 aliphatic rings. The van der Waals surface area contributed by atoms with Crippen LogP contribution in [0.5, 0.6) is 0 Å². The maximum Gasteiger partial charge on any atom is 0.416 e. The second-order valence-corrected chi connectivity index (χ2v) is 5.98. The third kappa shape index (κ3) is 5.19. The Morgan fingerprint density at radius 2 is 1.83 bits per heavy atom. The molecule has 0 radical (unpaired) electrons. The first-order valence-corrected chi connectivity index (χ1v) is 8.05. The summed E-state index contributed by atoms with van der Waals surface area (Å²) >= 11 is 0. The average molecular weight is 331 g/mol. The highest BCUT2D eigenvalue weighted by Crippen LogP contribution is 2.31. The van der Waals surface area contributed by atoms with Crippen LogP contribution in [0.3, 0.4) is 0 Å². The third-order valence-electron chi connectivity index (χ3n) is 4.40. The molecular formula is C17H24F3NO2. The predicted molar refractivity (Wildman–Crippen MR) is 82.1 cm³/mol. The zero-order valence-electron chi connectivity index (χ0n) is 13.4. The summed E-state index contributed by atoms with van der Waals surface area (Å²) in [5.74, 6) is 0. The minimum atomic E-state index is -4.29. The molecule has 1 aromatic carbocycles. The number of aliphatic hydroxyl groups is 1. The Morgan fingerprint density at radius 3 is 2.35 bits per heavy atom. The molecule has 6 heteroatoms. The van der Waals surface area contributed by atoms with E-state index in [2.05, 4.69) is 4.90 Å². The normalized spacial score (nSPS) is 19.0. The lowest BCUT2D eigenvalue weighted by atomic mass is 10.0. The summed E-state index contributed by atoms with van der Waals surface area (Å²) in [7, 11) is 0. The van der Waals surface area contributed by atoms with Gasteiger partial charge in [0.05, 0.1) is 11.7 Å². The molecule has 1 unspecified atom stereocenters. The molecule has 3 nitrogen and oxygen atoms in total. The van der Waals surface area contributed by atoms with Crippen LogP contribution in [0.15, 0.2) is 24.3 Å². The van der Waals surface area contributed by atoms with Crippen LogP contribution in [0.2, 0.25) is 0 Å². The maximum atomic E-state index is 12.6. The van der Waals surface area contributed by atoms with Gasteiger partial charge in [0.25, 0.3) is 0 Å². The number of likely N-dealkylation sites (tertiary alicyclic amines) is 1. The van der Waals surface area contributed by atoms with Gasteiger partial charge in [-0.3, -0.25) is 4.90 Å². The fourth-order valence-electron chi connectivity index (χ4n) is 2.91. The number of rotatable bonds is 6. The Bertz CT molecular complexity index is 468. The van der Waals surface area contributed by atoms with Crippen molar-refractivity contribution in [2.45, 2.75) is 44.5 Å². The van der Waals surface area contributed by atoms with Crippen molar-refractivity contribution in [2.24, 2.45) is 0 Å². The number of hydrogen-bond donors (Lipinski definition) is 1. The molecule has 1 aromatic rings. The minimum Gasteiger partial charge on any atom is -0.396 e. The highest BCUT2D eigenvalue weighted by Gasteiger charge is 2.30. The molecule has 0 aliphatic carbocycles. The number of halogens is 3. The van der Waals surface area contributed by atoms with Gasteiger partial charge in [-0.1, -0.05) is 12.1 Å². The van der Waals surface area contributed by atoms with Gasteiger partial charge in [-0.25, -0.2) is 0 Å². The fourth-order valence-corrected chi connectivity index (χ4v) is 2.91. The molecule has 0 spiro atoms. The molecular weight excluding hydrogens is 307 g/mol. The molecule has 0 aromatic heterocycles. The van der Waals surface area contributed by atoms with Gasteiger partial charge in [0.2, 0.25) is 0 Å². The summed E-state index contributed by atoms with van der Waals surface area (Å²) in [6.45, 7) is 4.48. The number of ether oxygens (including phenoxy) is 1. The topological polar surface area (TPSA) is 32.7 Å². The van der Waals surface area contributed by atoms with Gasteiger partial charge in [-0.05, 0) is 43.9 Å². The Kier molecular flexibility index (Phi) is 6.44. The zero-order valence-corrected chi connectivity index (χ0v) is 13.4. The molecule has 23 heavy (non-hydrogen) atoms. The van der Waals surface area contributed by atoms with Gasteiger partial charge in [0.1, 0.15) is 0 Å². The summed E-state index contributed by atoms with van der Waals surface area (Å²) < 4.78 is 43.5. The first-order chi connectivity index (χ1) is 10.9. The number of nitrogens with zero attached hydrogens (tertiary/aromatic N) is 1. The van der Waals surface area contributed by atoms with Gasteiger partial charge < -0.3 is 9.84 Å². The SMILES string of the molecule is CC(c1ccc(C(F)(F)F)cc1)N1CCC(OCCCO)CC1. The summed E-state index contributed by atoms with van der Waals surface area (Å²) in [6, 6.07) is 5.53. The Balaban J connectivity index is 1.86. The number of hydrogen-bond acceptors (Lipinski definition) is 3. The van der Waals surface area contributed by atoms with Crippen LogP contribution in [-0.2, 0) is 10.9 Å². The zero-order chi connectivity index (χ0) is 16.9. The van der Waals surface area contributed by atoms with Crippen LogP contribution in [0, 0.1) is 0 Å². The quantitative estimate of drug-likeness (QED) is 0.808. The van der Waals surface area contributed by atoms with Crippen molar-refractivity contribution in [3.8, 4) is 0 Å². The van der Waals surface area contributed by atoms with E-state index in [1.165, 1.54) is 0 Å². The Labute approximate surface area is 135 Å². The molecule has 0 bridgehead atoms. The molecule has 1 saturated heterocycles. The number of aliphatic hydroxyl groups excluding tert-OH is 1. The molecule has 0 saturated carbocycles. The Morgan fingerprint density at radius 1 is 1.22 bits per heavy atom. The lowest BCUT2D eigenvalue weighted by molar-refractivity contribution is -0.137. The molecule has 0 amide bonds.